The van der Waals surface area contributed by atoms with E-state index < -0.39 is 0 Å². The third-order valence-electron chi connectivity index (χ3n) is 4.61. The van der Waals surface area contributed by atoms with Gasteiger partial charge in [-0.05, 0) is 44.2 Å². The van der Waals surface area contributed by atoms with Crippen molar-refractivity contribution in [2.75, 3.05) is 12.0 Å². The van der Waals surface area contributed by atoms with Gasteiger partial charge in [0, 0.05) is 18.1 Å². The fourth-order valence-corrected chi connectivity index (χ4v) is 3.83. The number of nitrogens with zero attached hydrogens (tertiary/aromatic N) is 2. The molecule has 2 bridgehead atoms. The van der Waals surface area contributed by atoms with Gasteiger partial charge in [0.25, 0.3) is 0 Å². The first-order chi connectivity index (χ1) is 9.74. The number of anilines is 1. The molecule has 4 heteroatoms. The van der Waals surface area contributed by atoms with Crippen LogP contribution in [0, 0.1) is 11.3 Å². The summed E-state index contributed by atoms with van der Waals surface area (Å²) in [6.45, 7) is 0. The lowest BCUT2D eigenvalue weighted by atomic mass is 9.81. The average Bonchev–Trinajstić information content (AvgIpc) is 2.45. The zero-order valence-corrected chi connectivity index (χ0v) is 11.9. The first-order valence-electron chi connectivity index (χ1n) is 7.35. The second-order valence-electron chi connectivity index (χ2n) is 5.85. The van der Waals surface area contributed by atoms with Gasteiger partial charge in [-0.15, -0.1) is 0 Å². The quantitative estimate of drug-likeness (QED) is 0.897. The first kappa shape index (κ1) is 13.3. The summed E-state index contributed by atoms with van der Waals surface area (Å²) in [5.74, 6) is 0.802. The van der Waals surface area contributed by atoms with Crippen molar-refractivity contribution < 1.29 is 4.74 Å². The van der Waals surface area contributed by atoms with Crippen LogP contribution in [0.4, 0.5) is 5.69 Å². The third kappa shape index (κ3) is 2.12. The van der Waals surface area contributed by atoms with E-state index in [1.165, 1.54) is 6.42 Å². The minimum Gasteiger partial charge on any atom is -0.495 e. The normalized spacial score (nSPS) is 28.9. The van der Waals surface area contributed by atoms with Crippen molar-refractivity contribution in [3.05, 3.63) is 23.8 Å². The molecule has 2 heterocycles. The number of hydrogen-bond donors (Lipinski definition) is 1. The zero-order chi connectivity index (χ0) is 14.1. The molecule has 0 radical (unpaired) electrons. The van der Waals surface area contributed by atoms with E-state index in [0.717, 1.165) is 37.1 Å². The Kier molecular flexibility index (Phi) is 3.54. The number of benzene rings is 1. The fourth-order valence-electron chi connectivity index (χ4n) is 3.83. The van der Waals surface area contributed by atoms with Crippen LogP contribution in [-0.4, -0.2) is 25.2 Å². The van der Waals surface area contributed by atoms with E-state index in [2.05, 4.69) is 11.0 Å². The van der Waals surface area contributed by atoms with Crippen LogP contribution in [-0.2, 0) is 0 Å². The van der Waals surface area contributed by atoms with E-state index in [4.69, 9.17) is 10.5 Å². The molecule has 2 N–H and O–H groups in total. The molecule has 2 unspecified atom stereocenters. The average molecular weight is 271 g/mol. The van der Waals surface area contributed by atoms with E-state index >= 15 is 0 Å². The number of nitrogens with two attached hydrogens (primary N) is 1. The van der Waals surface area contributed by atoms with Gasteiger partial charge in [-0.2, -0.15) is 5.26 Å². The van der Waals surface area contributed by atoms with Gasteiger partial charge in [-0.3, -0.25) is 0 Å². The Morgan fingerprint density at radius 3 is 2.60 bits per heavy atom. The molecule has 2 aliphatic rings. The molecule has 106 valence electrons. The lowest BCUT2D eigenvalue weighted by molar-refractivity contribution is 0.268. The van der Waals surface area contributed by atoms with Gasteiger partial charge in [0.1, 0.15) is 11.8 Å². The van der Waals surface area contributed by atoms with Crippen LogP contribution in [0.1, 0.15) is 37.7 Å². The van der Waals surface area contributed by atoms with Crippen LogP contribution in [0.5, 0.6) is 5.75 Å². The Morgan fingerprint density at radius 1 is 1.30 bits per heavy atom. The summed E-state index contributed by atoms with van der Waals surface area (Å²) < 4.78 is 5.51. The zero-order valence-electron chi connectivity index (χ0n) is 11.9. The Balaban J connectivity index is 2.06. The highest BCUT2D eigenvalue weighted by molar-refractivity contribution is 5.69. The van der Waals surface area contributed by atoms with E-state index in [-0.39, 0.29) is 0 Å². The van der Waals surface area contributed by atoms with Gasteiger partial charge in [-0.25, -0.2) is 0 Å². The Bertz CT molecular complexity index is 523. The van der Waals surface area contributed by atoms with Crippen molar-refractivity contribution in [3.8, 4) is 11.8 Å². The van der Waals surface area contributed by atoms with Gasteiger partial charge in [-0.1, -0.05) is 6.07 Å². The third-order valence-corrected chi connectivity index (χ3v) is 4.61. The molecule has 2 saturated heterocycles. The first-order valence-corrected chi connectivity index (χ1v) is 7.35. The lowest BCUT2D eigenvalue weighted by Gasteiger charge is -2.50. The lowest BCUT2D eigenvalue weighted by Crippen LogP contribution is -2.55. The fraction of sp³-hybridized carbons (Fsp3) is 0.562. The van der Waals surface area contributed by atoms with Gasteiger partial charge < -0.3 is 15.4 Å². The summed E-state index contributed by atoms with van der Waals surface area (Å²) >= 11 is 0. The predicted molar refractivity (Wildman–Crippen MR) is 78.8 cm³/mol. The summed E-state index contributed by atoms with van der Waals surface area (Å²) in [5, 5.41) is 9.43. The van der Waals surface area contributed by atoms with Crippen LogP contribution in [0.2, 0.25) is 0 Å². The molecule has 0 spiro atoms. The van der Waals surface area contributed by atoms with Crippen LogP contribution >= 0.6 is 0 Å². The molecule has 2 fully saturated rings. The van der Waals surface area contributed by atoms with Gasteiger partial charge in [0.15, 0.2) is 0 Å². The number of hydrogen-bond acceptors (Lipinski definition) is 4. The van der Waals surface area contributed by atoms with E-state index in [0.29, 0.717) is 23.7 Å². The second-order valence-corrected chi connectivity index (χ2v) is 5.85. The summed E-state index contributed by atoms with van der Waals surface area (Å²) in [5.41, 5.74) is 7.86. The molecular formula is C16H21N3O. The minimum atomic E-state index is 0.293. The van der Waals surface area contributed by atoms with Crippen molar-refractivity contribution in [3.63, 3.8) is 0 Å². The van der Waals surface area contributed by atoms with Crippen LogP contribution in [0.25, 0.3) is 0 Å². The summed E-state index contributed by atoms with van der Waals surface area (Å²) in [7, 11) is 1.67. The number of fused-ring (bicyclic) bond motifs is 2. The van der Waals surface area contributed by atoms with Gasteiger partial charge in [0.2, 0.25) is 0 Å². The molecule has 2 atom stereocenters. The highest BCUT2D eigenvalue weighted by Gasteiger charge is 2.39. The van der Waals surface area contributed by atoms with Crippen molar-refractivity contribution in [2.45, 2.75) is 50.2 Å². The molecule has 0 aromatic heterocycles. The number of methoxy groups -OCH3 is 1. The molecule has 4 nitrogen and oxygen atoms in total. The topological polar surface area (TPSA) is 62.3 Å². The smallest absolute Gasteiger partial charge is 0.143 e. The largest absolute Gasteiger partial charge is 0.495 e. The van der Waals surface area contributed by atoms with E-state index in [1.807, 2.05) is 18.2 Å². The predicted octanol–water partition coefficient (Wildman–Crippen LogP) is 2.42. The molecule has 3 rings (SSSR count). The van der Waals surface area contributed by atoms with Crippen LogP contribution in [0.3, 0.4) is 0 Å². The molecule has 2 aliphatic heterocycles. The molecule has 20 heavy (non-hydrogen) atoms. The molecule has 1 aromatic carbocycles. The monoisotopic (exact) mass is 271 g/mol. The van der Waals surface area contributed by atoms with E-state index in [1.54, 1.807) is 7.11 Å². The van der Waals surface area contributed by atoms with Crippen molar-refractivity contribution in [1.82, 2.24) is 0 Å². The number of rotatable bonds is 2. The maximum Gasteiger partial charge on any atom is 0.143 e. The summed E-state index contributed by atoms with van der Waals surface area (Å²) in [4.78, 5) is 2.42. The molecule has 0 amide bonds. The van der Waals surface area contributed by atoms with Gasteiger partial charge in [0.05, 0.1) is 18.4 Å². The summed E-state index contributed by atoms with van der Waals surface area (Å²) in [6.07, 6.45) is 5.61. The van der Waals surface area contributed by atoms with Gasteiger partial charge >= 0.3 is 0 Å². The Morgan fingerprint density at radius 2 is 2.00 bits per heavy atom. The number of piperidine rings is 2. The van der Waals surface area contributed by atoms with Crippen molar-refractivity contribution in [2.24, 2.45) is 5.73 Å². The molecule has 1 aromatic rings. The number of ether oxygens (including phenoxy) is 1. The number of para-hydroxylation sites is 1. The maximum absolute atomic E-state index is 9.43. The highest BCUT2D eigenvalue weighted by Crippen LogP contribution is 2.42. The van der Waals surface area contributed by atoms with E-state index in [9.17, 15) is 5.26 Å². The SMILES string of the molecule is COc1cccc(C#N)c1N1C2CCCC1CC(N)C2. The Labute approximate surface area is 120 Å². The maximum atomic E-state index is 9.43. The highest BCUT2D eigenvalue weighted by atomic mass is 16.5. The molecule has 0 saturated carbocycles. The van der Waals surface area contributed by atoms with Crippen molar-refractivity contribution >= 4 is 5.69 Å². The second kappa shape index (κ2) is 5.34. The summed E-state index contributed by atoms with van der Waals surface area (Å²) in [6, 6.07) is 9.20. The van der Waals surface area contributed by atoms with Crippen LogP contribution in [0.15, 0.2) is 18.2 Å². The molecular weight excluding hydrogens is 250 g/mol. The molecule has 0 aliphatic carbocycles. The standard InChI is InChI=1S/C16H21N3O/c1-20-15-7-2-4-11(10-17)16(15)19-13-5-3-6-14(19)9-12(18)8-13/h2,4,7,12-14H,3,5-6,8-9,18H2,1H3. The number of nitriles is 1. The minimum absolute atomic E-state index is 0.293. The van der Waals surface area contributed by atoms with Crippen molar-refractivity contribution in [1.29, 1.82) is 5.26 Å². The van der Waals surface area contributed by atoms with Crippen LogP contribution < -0.4 is 15.4 Å². The Hall–Kier alpha value is -1.73.